The number of benzene rings is 2. The molecule has 0 radical (unpaired) electrons. The Labute approximate surface area is 116 Å². The lowest BCUT2D eigenvalue weighted by atomic mass is 10.1. The second kappa shape index (κ2) is 10.1. The third-order valence-electron chi connectivity index (χ3n) is 2.69. The molecule has 0 aliphatic carbocycles. The molecule has 1 nitrogen and oxygen atoms in total. The molecule has 100 valence electrons. The Balaban J connectivity index is 0.000000218. The Morgan fingerprint density at radius 1 is 0.842 bits per heavy atom. The molecule has 2 rings (SSSR count). The van der Waals surface area contributed by atoms with Gasteiger partial charge in [0.15, 0.2) is 0 Å². The van der Waals surface area contributed by atoms with E-state index in [0.717, 1.165) is 12.8 Å². The summed E-state index contributed by atoms with van der Waals surface area (Å²) in [5.74, 6) is 0. The molecule has 19 heavy (non-hydrogen) atoms. The first-order valence-corrected chi connectivity index (χ1v) is 6.73. The summed E-state index contributed by atoms with van der Waals surface area (Å²) < 4.78 is 0. The summed E-state index contributed by atoms with van der Waals surface area (Å²) in [6.45, 7) is 2.73. The monoisotopic (exact) mass is 253 g/mol. The van der Waals surface area contributed by atoms with Crippen LogP contribution in [0.25, 0.3) is 0 Å². The first-order valence-electron chi connectivity index (χ1n) is 6.73. The van der Waals surface area contributed by atoms with E-state index in [1.807, 2.05) is 30.3 Å². The van der Waals surface area contributed by atoms with Crippen LogP contribution in [0.2, 0.25) is 0 Å². The van der Waals surface area contributed by atoms with E-state index in [1.165, 1.54) is 11.1 Å². The van der Waals surface area contributed by atoms with Gasteiger partial charge in [0.2, 0.25) is 0 Å². The maximum absolute atomic E-state index is 5.32. The molecule has 0 heterocycles. The van der Waals surface area contributed by atoms with E-state index in [9.17, 15) is 0 Å². The molecule has 0 saturated heterocycles. The Morgan fingerprint density at radius 3 is 1.89 bits per heavy atom. The fourth-order valence-electron chi connectivity index (χ4n) is 1.64. The molecule has 0 aliphatic rings. The molecule has 2 N–H and O–H groups in total. The smallest absolute Gasteiger partial charge is 0.0106 e. The molecule has 0 spiro atoms. The fourth-order valence-corrected chi connectivity index (χ4v) is 1.64. The van der Waals surface area contributed by atoms with Crippen LogP contribution in [0.15, 0.2) is 72.8 Å². The van der Waals surface area contributed by atoms with Crippen LogP contribution >= 0.6 is 0 Å². The van der Waals surface area contributed by atoms with Crippen LogP contribution in [-0.2, 0) is 6.42 Å². The zero-order valence-electron chi connectivity index (χ0n) is 11.6. The molecule has 2 aromatic rings. The summed E-state index contributed by atoms with van der Waals surface area (Å²) in [4.78, 5) is 0. The molecule has 0 saturated carbocycles. The Kier molecular flexibility index (Phi) is 8.08. The van der Waals surface area contributed by atoms with Gasteiger partial charge in [-0.2, -0.15) is 0 Å². The van der Waals surface area contributed by atoms with Crippen LogP contribution in [0.5, 0.6) is 0 Å². The zero-order chi connectivity index (χ0) is 13.8. The zero-order valence-corrected chi connectivity index (χ0v) is 11.6. The van der Waals surface area contributed by atoms with Crippen molar-refractivity contribution < 1.29 is 0 Å². The first-order chi connectivity index (χ1) is 9.33. The van der Waals surface area contributed by atoms with E-state index < -0.39 is 0 Å². The molecular weight excluding hydrogens is 230 g/mol. The first kappa shape index (κ1) is 15.2. The number of hydrogen-bond acceptors (Lipinski definition) is 1. The van der Waals surface area contributed by atoms with Crippen molar-refractivity contribution in [2.24, 2.45) is 5.73 Å². The van der Waals surface area contributed by atoms with Crippen LogP contribution in [0.3, 0.4) is 0 Å². The Hall–Kier alpha value is -1.86. The minimum atomic E-state index is 0.648. The third kappa shape index (κ3) is 7.96. The van der Waals surface area contributed by atoms with Crippen LogP contribution < -0.4 is 5.73 Å². The molecule has 0 amide bonds. The Bertz CT molecular complexity index is 446. The van der Waals surface area contributed by atoms with Crippen molar-refractivity contribution in [1.29, 1.82) is 0 Å². The van der Waals surface area contributed by atoms with Crippen molar-refractivity contribution in [3.8, 4) is 0 Å². The molecule has 1 heteroatoms. The van der Waals surface area contributed by atoms with Crippen molar-refractivity contribution in [2.75, 3.05) is 6.54 Å². The van der Waals surface area contributed by atoms with E-state index in [-0.39, 0.29) is 0 Å². The minimum Gasteiger partial charge on any atom is -0.327 e. The highest BCUT2D eigenvalue weighted by atomic mass is 14.5. The van der Waals surface area contributed by atoms with E-state index in [0.29, 0.717) is 6.54 Å². The lowest BCUT2D eigenvalue weighted by Crippen LogP contribution is -1.92. The topological polar surface area (TPSA) is 26.0 Å². The van der Waals surface area contributed by atoms with Gasteiger partial charge in [-0.1, -0.05) is 78.4 Å². The summed E-state index contributed by atoms with van der Waals surface area (Å²) in [6.07, 6.45) is 6.33. The van der Waals surface area contributed by atoms with Crippen molar-refractivity contribution in [2.45, 2.75) is 19.8 Å². The summed E-state index contributed by atoms with van der Waals surface area (Å²) in [5, 5.41) is 0. The summed E-state index contributed by atoms with van der Waals surface area (Å²) >= 11 is 0. The Morgan fingerprint density at radius 2 is 1.42 bits per heavy atom. The van der Waals surface area contributed by atoms with Gasteiger partial charge in [-0.15, -0.1) is 0 Å². The van der Waals surface area contributed by atoms with Gasteiger partial charge >= 0.3 is 0 Å². The highest BCUT2D eigenvalue weighted by Gasteiger charge is 1.86. The van der Waals surface area contributed by atoms with Gasteiger partial charge in [0.1, 0.15) is 0 Å². The number of hydrogen-bond donors (Lipinski definition) is 1. The average Bonchev–Trinajstić information content (AvgIpc) is 2.46. The molecule has 0 fully saturated rings. The number of nitrogens with two attached hydrogens (primary N) is 1. The third-order valence-corrected chi connectivity index (χ3v) is 2.69. The largest absolute Gasteiger partial charge is 0.327 e. The molecule has 0 bridgehead atoms. The predicted molar refractivity (Wildman–Crippen MR) is 84.1 cm³/mol. The van der Waals surface area contributed by atoms with Crippen molar-refractivity contribution >= 4 is 0 Å². The van der Waals surface area contributed by atoms with Gasteiger partial charge in [0, 0.05) is 6.54 Å². The molecule has 0 atom stereocenters. The fraction of sp³-hybridized carbons (Fsp3) is 0.222. The maximum Gasteiger partial charge on any atom is 0.0106 e. The second-order valence-corrected chi connectivity index (χ2v) is 4.39. The summed E-state index contributed by atoms with van der Waals surface area (Å²) in [7, 11) is 0. The highest BCUT2D eigenvalue weighted by Crippen LogP contribution is 2.02. The van der Waals surface area contributed by atoms with E-state index in [1.54, 1.807) is 0 Å². The summed E-state index contributed by atoms with van der Waals surface area (Å²) in [5.41, 5.74) is 8.03. The second-order valence-electron chi connectivity index (χ2n) is 4.39. The molecule has 0 unspecified atom stereocenters. The number of rotatable bonds is 4. The lowest BCUT2D eigenvalue weighted by molar-refractivity contribution is 0.995. The lowest BCUT2D eigenvalue weighted by Gasteiger charge is -1.95. The van der Waals surface area contributed by atoms with Crippen LogP contribution in [0, 0.1) is 6.92 Å². The number of allylic oxidation sites excluding steroid dienone is 1. The molecular formula is C18H23N. The molecule has 2 aromatic carbocycles. The maximum atomic E-state index is 5.32. The normalized spacial score (nSPS) is 10.0. The highest BCUT2D eigenvalue weighted by molar-refractivity contribution is 5.15. The van der Waals surface area contributed by atoms with E-state index >= 15 is 0 Å². The SMILES string of the molecule is Cc1ccccc1.NC/C=C/CCc1ccccc1. The van der Waals surface area contributed by atoms with Gasteiger partial charge in [-0.3, -0.25) is 0 Å². The van der Waals surface area contributed by atoms with Crippen LogP contribution in [-0.4, -0.2) is 6.54 Å². The van der Waals surface area contributed by atoms with Gasteiger partial charge in [0.25, 0.3) is 0 Å². The predicted octanol–water partition coefficient (Wildman–Crippen LogP) is 4.13. The quantitative estimate of drug-likeness (QED) is 0.815. The minimum absolute atomic E-state index is 0.648. The van der Waals surface area contributed by atoms with Crippen molar-refractivity contribution in [1.82, 2.24) is 0 Å². The van der Waals surface area contributed by atoms with Crippen molar-refractivity contribution in [3.63, 3.8) is 0 Å². The van der Waals surface area contributed by atoms with E-state index in [4.69, 9.17) is 5.73 Å². The van der Waals surface area contributed by atoms with Gasteiger partial charge in [0.05, 0.1) is 0 Å². The van der Waals surface area contributed by atoms with Gasteiger partial charge in [-0.05, 0) is 25.3 Å². The molecule has 0 aliphatic heterocycles. The number of aryl methyl sites for hydroxylation is 2. The van der Waals surface area contributed by atoms with Crippen LogP contribution in [0.4, 0.5) is 0 Å². The summed E-state index contributed by atoms with van der Waals surface area (Å²) in [6, 6.07) is 20.7. The van der Waals surface area contributed by atoms with Gasteiger partial charge in [-0.25, -0.2) is 0 Å². The van der Waals surface area contributed by atoms with Crippen LogP contribution in [0.1, 0.15) is 17.5 Å². The average molecular weight is 253 g/mol. The van der Waals surface area contributed by atoms with E-state index in [2.05, 4.69) is 49.4 Å². The molecule has 0 aromatic heterocycles. The van der Waals surface area contributed by atoms with Crippen molar-refractivity contribution in [3.05, 3.63) is 83.9 Å². The van der Waals surface area contributed by atoms with Gasteiger partial charge < -0.3 is 5.73 Å². The standard InChI is InChI=1S/C11H15N.C7H8/c12-10-6-2-5-9-11-7-3-1-4-8-11;1-7-5-3-2-4-6-7/h1-4,6-8H,5,9-10,12H2;2-6H,1H3/b6-2+;.